The smallest absolute Gasteiger partial charge is 0.278 e. The van der Waals surface area contributed by atoms with Gasteiger partial charge in [0.25, 0.3) is 17.5 Å². The molecule has 128 valence electrons. The van der Waals surface area contributed by atoms with Gasteiger partial charge in [0.15, 0.2) is 0 Å². The molecule has 0 saturated heterocycles. The molecule has 0 aliphatic heterocycles. The Balaban J connectivity index is 1.87. The van der Waals surface area contributed by atoms with Crippen molar-refractivity contribution in [3.05, 3.63) is 75.3 Å². The Hall–Kier alpha value is -3.55. The SMILES string of the molecule is Cc1cccc(C(=O)NCC(=O)N/N=C/c2ccccc2[N+](=O)[O-])c1. The number of hydrazone groups is 1. The van der Waals surface area contributed by atoms with Gasteiger partial charge in [0.2, 0.25) is 0 Å². The van der Waals surface area contributed by atoms with E-state index in [9.17, 15) is 19.7 Å². The Labute approximate surface area is 143 Å². The van der Waals surface area contributed by atoms with Gasteiger partial charge < -0.3 is 5.32 Å². The first-order valence-electron chi connectivity index (χ1n) is 7.37. The third kappa shape index (κ3) is 5.24. The summed E-state index contributed by atoms with van der Waals surface area (Å²) in [6, 6.07) is 13.0. The van der Waals surface area contributed by atoms with E-state index in [0.29, 0.717) is 5.56 Å². The molecule has 2 aromatic carbocycles. The zero-order valence-electron chi connectivity index (χ0n) is 13.4. The zero-order chi connectivity index (χ0) is 18.2. The lowest BCUT2D eigenvalue weighted by atomic mass is 10.1. The third-order valence-electron chi connectivity index (χ3n) is 3.22. The van der Waals surface area contributed by atoms with E-state index in [2.05, 4.69) is 15.8 Å². The van der Waals surface area contributed by atoms with Crippen LogP contribution in [0, 0.1) is 17.0 Å². The number of nitro groups is 1. The van der Waals surface area contributed by atoms with Crippen LogP contribution in [0.15, 0.2) is 53.6 Å². The van der Waals surface area contributed by atoms with Gasteiger partial charge in [0.05, 0.1) is 23.2 Å². The van der Waals surface area contributed by atoms with Crippen molar-refractivity contribution in [2.75, 3.05) is 6.54 Å². The molecular formula is C17H16N4O4. The summed E-state index contributed by atoms with van der Waals surface area (Å²) in [6.45, 7) is 1.60. The second-order valence-electron chi connectivity index (χ2n) is 5.16. The number of carbonyl (C=O) groups is 2. The van der Waals surface area contributed by atoms with Crippen molar-refractivity contribution in [3.8, 4) is 0 Å². The molecule has 0 unspecified atom stereocenters. The molecule has 0 aliphatic carbocycles. The van der Waals surface area contributed by atoms with Crippen LogP contribution in [-0.2, 0) is 4.79 Å². The van der Waals surface area contributed by atoms with Crippen molar-refractivity contribution in [2.45, 2.75) is 6.92 Å². The molecule has 2 N–H and O–H groups in total. The average molecular weight is 340 g/mol. The molecule has 0 aliphatic rings. The highest BCUT2D eigenvalue weighted by Gasteiger charge is 2.10. The summed E-state index contributed by atoms with van der Waals surface area (Å²) in [6.07, 6.45) is 1.18. The van der Waals surface area contributed by atoms with Crippen LogP contribution in [0.1, 0.15) is 21.5 Å². The fourth-order valence-corrected chi connectivity index (χ4v) is 2.03. The number of rotatable bonds is 6. The van der Waals surface area contributed by atoms with Gasteiger partial charge in [-0.1, -0.05) is 29.8 Å². The minimum Gasteiger partial charge on any atom is -0.343 e. The normalized spacial score (nSPS) is 10.4. The number of hydrogen-bond acceptors (Lipinski definition) is 5. The maximum Gasteiger partial charge on any atom is 0.278 e. The lowest BCUT2D eigenvalue weighted by Crippen LogP contribution is -2.34. The zero-order valence-corrected chi connectivity index (χ0v) is 13.4. The monoisotopic (exact) mass is 340 g/mol. The number of hydrogen-bond donors (Lipinski definition) is 2. The predicted octanol–water partition coefficient (Wildman–Crippen LogP) is 1.78. The summed E-state index contributed by atoms with van der Waals surface area (Å²) in [7, 11) is 0. The number of nitrogens with zero attached hydrogens (tertiary/aromatic N) is 2. The number of carbonyl (C=O) groups excluding carboxylic acids is 2. The third-order valence-corrected chi connectivity index (χ3v) is 3.22. The molecule has 25 heavy (non-hydrogen) atoms. The van der Waals surface area contributed by atoms with Gasteiger partial charge in [-0.25, -0.2) is 5.43 Å². The Bertz CT molecular complexity index is 833. The molecule has 0 aromatic heterocycles. The van der Waals surface area contributed by atoms with E-state index < -0.39 is 10.8 Å². The lowest BCUT2D eigenvalue weighted by Gasteiger charge is -2.05. The summed E-state index contributed by atoms with van der Waals surface area (Å²) in [5, 5.41) is 17.0. The molecule has 0 atom stereocenters. The largest absolute Gasteiger partial charge is 0.343 e. The lowest BCUT2D eigenvalue weighted by molar-refractivity contribution is -0.385. The molecule has 0 saturated carbocycles. The van der Waals surface area contributed by atoms with Crippen molar-refractivity contribution in [3.63, 3.8) is 0 Å². The van der Waals surface area contributed by atoms with E-state index in [-0.39, 0.29) is 23.7 Å². The van der Waals surface area contributed by atoms with Gasteiger partial charge in [-0.2, -0.15) is 5.10 Å². The minimum absolute atomic E-state index is 0.117. The number of nitro benzene ring substituents is 1. The highest BCUT2D eigenvalue weighted by molar-refractivity contribution is 5.96. The molecular weight excluding hydrogens is 324 g/mol. The van der Waals surface area contributed by atoms with Gasteiger partial charge in [-0.15, -0.1) is 0 Å². The first kappa shape index (κ1) is 17.8. The molecule has 0 bridgehead atoms. The average Bonchev–Trinajstić information content (AvgIpc) is 2.60. The fourth-order valence-electron chi connectivity index (χ4n) is 2.03. The molecule has 0 spiro atoms. The van der Waals surface area contributed by atoms with Gasteiger partial charge in [0, 0.05) is 11.6 Å². The summed E-state index contributed by atoms with van der Waals surface area (Å²) < 4.78 is 0. The molecule has 2 amide bonds. The molecule has 8 heteroatoms. The van der Waals surface area contributed by atoms with Gasteiger partial charge >= 0.3 is 0 Å². The highest BCUT2D eigenvalue weighted by atomic mass is 16.6. The molecule has 0 radical (unpaired) electrons. The highest BCUT2D eigenvalue weighted by Crippen LogP contribution is 2.14. The second-order valence-corrected chi connectivity index (χ2v) is 5.16. The maximum absolute atomic E-state index is 11.9. The van der Waals surface area contributed by atoms with E-state index >= 15 is 0 Å². The van der Waals surface area contributed by atoms with Crippen LogP contribution in [0.25, 0.3) is 0 Å². The molecule has 8 nitrogen and oxygen atoms in total. The van der Waals surface area contributed by atoms with E-state index in [1.54, 1.807) is 24.3 Å². The van der Waals surface area contributed by atoms with Crippen LogP contribution in [0.5, 0.6) is 0 Å². The van der Waals surface area contributed by atoms with Crippen LogP contribution in [0.4, 0.5) is 5.69 Å². The van der Waals surface area contributed by atoms with Crippen LogP contribution < -0.4 is 10.7 Å². The number of para-hydroxylation sites is 1. The number of benzene rings is 2. The number of aryl methyl sites for hydroxylation is 1. The van der Waals surface area contributed by atoms with Crippen LogP contribution >= 0.6 is 0 Å². The molecule has 2 aromatic rings. The van der Waals surface area contributed by atoms with Crippen molar-refractivity contribution >= 4 is 23.7 Å². The first-order valence-corrected chi connectivity index (χ1v) is 7.37. The summed E-state index contributed by atoms with van der Waals surface area (Å²) >= 11 is 0. The maximum atomic E-state index is 11.9. The fraction of sp³-hybridized carbons (Fsp3) is 0.118. The van der Waals surface area contributed by atoms with E-state index in [1.807, 2.05) is 13.0 Å². The van der Waals surface area contributed by atoms with Gasteiger partial charge in [-0.3, -0.25) is 19.7 Å². The Morgan fingerprint density at radius 3 is 2.68 bits per heavy atom. The Morgan fingerprint density at radius 2 is 1.96 bits per heavy atom. The van der Waals surface area contributed by atoms with Gasteiger partial charge in [-0.05, 0) is 25.1 Å². The van der Waals surface area contributed by atoms with Crippen molar-refractivity contribution in [2.24, 2.45) is 5.10 Å². The van der Waals surface area contributed by atoms with E-state index in [4.69, 9.17) is 0 Å². The van der Waals surface area contributed by atoms with Crippen LogP contribution in [0.2, 0.25) is 0 Å². The minimum atomic E-state index is -0.546. The van der Waals surface area contributed by atoms with Crippen molar-refractivity contribution in [1.82, 2.24) is 10.7 Å². The van der Waals surface area contributed by atoms with Crippen LogP contribution in [0.3, 0.4) is 0 Å². The predicted molar refractivity (Wildman–Crippen MR) is 92.3 cm³/mol. The number of amides is 2. The van der Waals surface area contributed by atoms with Gasteiger partial charge in [0.1, 0.15) is 0 Å². The summed E-state index contributed by atoms with van der Waals surface area (Å²) in [5.41, 5.74) is 3.74. The second kappa shape index (κ2) is 8.34. The van der Waals surface area contributed by atoms with Crippen LogP contribution in [-0.4, -0.2) is 29.5 Å². The Morgan fingerprint density at radius 1 is 1.20 bits per heavy atom. The first-order chi connectivity index (χ1) is 12.0. The Kier molecular flexibility index (Phi) is 5.94. The molecule has 0 heterocycles. The topological polar surface area (TPSA) is 114 Å². The molecule has 2 rings (SSSR count). The van der Waals surface area contributed by atoms with Crippen molar-refractivity contribution in [1.29, 1.82) is 0 Å². The summed E-state index contributed by atoms with van der Waals surface area (Å²) in [5.74, 6) is -0.919. The van der Waals surface area contributed by atoms with E-state index in [0.717, 1.165) is 5.56 Å². The molecule has 0 fully saturated rings. The number of nitrogens with one attached hydrogen (secondary N) is 2. The van der Waals surface area contributed by atoms with E-state index in [1.165, 1.54) is 24.4 Å². The summed E-state index contributed by atoms with van der Waals surface area (Å²) in [4.78, 5) is 33.9. The standard InChI is InChI=1S/C17H16N4O4/c1-12-5-4-7-13(9-12)17(23)18-11-16(22)20-19-10-14-6-2-3-8-15(14)21(24)25/h2-10H,11H2,1H3,(H,18,23)(H,20,22)/b19-10+. The quantitative estimate of drug-likeness (QED) is 0.474. The van der Waals surface area contributed by atoms with Crippen molar-refractivity contribution < 1.29 is 14.5 Å².